The number of halogens is 1. The summed E-state index contributed by atoms with van der Waals surface area (Å²) in [5, 5.41) is 18.5. The largest absolute Gasteiger partial charge is 0.304 e. The van der Waals surface area contributed by atoms with Crippen molar-refractivity contribution in [2.24, 2.45) is 0 Å². The van der Waals surface area contributed by atoms with Gasteiger partial charge in [0.15, 0.2) is 0 Å². The lowest BCUT2D eigenvalue weighted by molar-refractivity contribution is 0.471. The fourth-order valence-corrected chi connectivity index (χ4v) is 2.43. The van der Waals surface area contributed by atoms with Crippen LogP contribution in [0, 0.1) is 0 Å². The van der Waals surface area contributed by atoms with E-state index in [0.29, 0.717) is 6.04 Å². The average molecular weight is 313 g/mol. The van der Waals surface area contributed by atoms with Crippen LogP contribution in [0.5, 0.6) is 0 Å². The Morgan fingerprint density at radius 2 is 2.22 bits per heavy atom. The van der Waals surface area contributed by atoms with Gasteiger partial charge in [0.25, 0.3) is 0 Å². The van der Waals surface area contributed by atoms with E-state index in [1.165, 1.54) is 0 Å². The first-order valence-corrected chi connectivity index (χ1v) is 6.76. The molecule has 2 rings (SSSR count). The normalized spacial score (nSPS) is 13.2. The molecule has 0 fully saturated rings. The van der Waals surface area contributed by atoms with Crippen LogP contribution in [0.3, 0.4) is 0 Å². The summed E-state index contributed by atoms with van der Waals surface area (Å²) in [7, 11) is 0. The van der Waals surface area contributed by atoms with Crippen molar-refractivity contribution < 1.29 is 0 Å². The molecule has 6 nitrogen and oxygen atoms in total. The molecule has 1 unspecified atom stereocenters. The second-order valence-corrected chi connectivity index (χ2v) is 5.16. The second kappa shape index (κ2) is 5.62. The molecule has 2 aromatic rings. The maximum atomic E-state index is 4.40. The smallest absolute Gasteiger partial charge is 0.106 e. The van der Waals surface area contributed by atoms with Gasteiger partial charge in [0, 0.05) is 6.04 Å². The van der Waals surface area contributed by atoms with Gasteiger partial charge in [0.2, 0.25) is 0 Å². The fourth-order valence-electron chi connectivity index (χ4n) is 1.93. The van der Waals surface area contributed by atoms with E-state index < -0.39 is 0 Å². The maximum absolute atomic E-state index is 4.40. The molecule has 98 valence electrons. The van der Waals surface area contributed by atoms with Crippen molar-refractivity contribution in [3.8, 4) is 0 Å². The molecule has 0 amide bonds. The number of rotatable bonds is 5. The average Bonchev–Trinajstić information content (AvgIpc) is 2.95. The van der Waals surface area contributed by atoms with E-state index in [1.807, 2.05) is 10.9 Å². The maximum Gasteiger partial charge on any atom is 0.106 e. The van der Waals surface area contributed by atoms with Gasteiger partial charge >= 0.3 is 0 Å². The quantitative estimate of drug-likeness (QED) is 0.886. The molecule has 2 aromatic heterocycles. The number of hydrogen-bond donors (Lipinski definition) is 2. The monoisotopic (exact) mass is 312 g/mol. The van der Waals surface area contributed by atoms with Crippen molar-refractivity contribution in [3.63, 3.8) is 0 Å². The van der Waals surface area contributed by atoms with Crippen LogP contribution in [0.1, 0.15) is 44.2 Å². The number of hydrogen-bond acceptors (Lipinski definition) is 4. The molecule has 2 N–H and O–H groups in total. The number of H-pyrrole nitrogens is 1. The summed E-state index contributed by atoms with van der Waals surface area (Å²) >= 11 is 3.56. The van der Waals surface area contributed by atoms with Gasteiger partial charge in [-0.25, -0.2) is 0 Å². The lowest BCUT2D eigenvalue weighted by Gasteiger charge is -2.19. The van der Waals surface area contributed by atoms with Gasteiger partial charge in [0.1, 0.15) is 5.69 Å². The molecule has 0 spiro atoms. The van der Waals surface area contributed by atoms with E-state index in [-0.39, 0.29) is 6.04 Å². The van der Waals surface area contributed by atoms with Crippen LogP contribution in [0.25, 0.3) is 0 Å². The van der Waals surface area contributed by atoms with Crippen LogP contribution in [0.2, 0.25) is 0 Å². The van der Waals surface area contributed by atoms with Gasteiger partial charge in [-0.3, -0.25) is 4.68 Å². The van der Waals surface area contributed by atoms with E-state index in [1.54, 1.807) is 6.20 Å². The Bertz CT molecular complexity index is 490. The zero-order valence-corrected chi connectivity index (χ0v) is 12.3. The molecule has 0 bridgehead atoms. The van der Waals surface area contributed by atoms with Crippen molar-refractivity contribution in [2.75, 3.05) is 6.54 Å². The van der Waals surface area contributed by atoms with Crippen molar-refractivity contribution in [1.29, 1.82) is 0 Å². The summed E-state index contributed by atoms with van der Waals surface area (Å²) in [5.41, 5.74) is 1.93. The molecule has 0 aromatic carbocycles. The van der Waals surface area contributed by atoms with Crippen LogP contribution in [-0.4, -0.2) is 31.7 Å². The van der Waals surface area contributed by atoms with Gasteiger partial charge in [-0.05, 0) is 36.3 Å². The van der Waals surface area contributed by atoms with Crippen LogP contribution >= 0.6 is 15.9 Å². The molecule has 0 radical (unpaired) electrons. The molecule has 1 atom stereocenters. The Morgan fingerprint density at radius 3 is 2.78 bits per heavy atom. The molecule has 18 heavy (non-hydrogen) atoms. The zero-order valence-electron chi connectivity index (χ0n) is 10.7. The Labute approximate surface area is 114 Å². The molecule has 0 aliphatic carbocycles. The Morgan fingerprint density at radius 1 is 1.44 bits per heavy atom. The predicted octanol–water partition coefficient (Wildman–Crippen LogP) is 2.04. The summed E-state index contributed by atoms with van der Waals surface area (Å²) in [5.74, 6) is 0. The lowest BCUT2D eigenvalue weighted by Crippen LogP contribution is -2.26. The number of aromatic nitrogens is 5. The van der Waals surface area contributed by atoms with Crippen molar-refractivity contribution in [3.05, 3.63) is 28.3 Å². The van der Waals surface area contributed by atoms with E-state index in [9.17, 15) is 0 Å². The van der Waals surface area contributed by atoms with E-state index in [4.69, 9.17) is 0 Å². The molecular weight excluding hydrogens is 296 g/mol. The van der Waals surface area contributed by atoms with Crippen molar-refractivity contribution >= 4 is 15.9 Å². The summed E-state index contributed by atoms with van der Waals surface area (Å²) in [6.07, 6.45) is 3.55. The highest BCUT2D eigenvalue weighted by Gasteiger charge is 2.24. The van der Waals surface area contributed by atoms with E-state index in [2.05, 4.69) is 62.5 Å². The Kier molecular flexibility index (Phi) is 4.13. The second-order valence-electron chi connectivity index (χ2n) is 4.30. The van der Waals surface area contributed by atoms with Crippen LogP contribution < -0.4 is 5.32 Å². The van der Waals surface area contributed by atoms with Crippen LogP contribution in [0.4, 0.5) is 0 Å². The first kappa shape index (κ1) is 13.2. The van der Waals surface area contributed by atoms with Crippen molar-refractivity contribution in [1.82, 2.24) is 30.5 Å². The third kappa shape index (κ3) is 2.46. The zero-order chi connectivity index (χ0) is 13.1. The van der Waals surface area contributed by atoms with Crippen LogP contribution in [0.15, 0.2) is 16.9 Å². The van der Waals surface area contributed by atoms with Gasteiger partial charge in [0.05, 0.1) is 28.6 Å². The SMILES string of the molecule is CCNC(c1cn[nH]n1)c1c(Br)cnn1C(C)C. The topological polar surface area (TPSA) is 71.4 Å². The Balaban J connectivity index is 2.45. The third-order valence-electron chi connectivity index (χ3n) is 2.69. The van der Waals surface area contributed by atoms with Gasteiger partial charge in [-0.2, -0.15) is 20.5 Å². The molecule has 0 aliphatic rings. The van der Waals surface area contributed by atoms with Gasteiger partial charge in [-0.1, -0.05) is 6.92 Å². The van der Waals surface area contributed by atoms with Crippen molar-refractivity contribution in [2.45, 2.75) is 32.9 Å². The number of nitrogens with one attached hydrogen (secondary N) is 2. The minimum Gasteiger partial charge on any atom is -0.304 e. The first-order chi connectivity index (χ1) is 8.65. The highest BCUT2D eigenvalue weighted by atomic mass is 79.9. The highest BCUT2D eigenvalue weighted by molar-refractivity contribution is 9.10. The lowest BCUT2D eigenvalue weighted by atomic mass is 10.1. The summed E-state index contributed by atoms with van der Waals surface area (Å²) < 4.78 is 2.97. The molecule has 0 saturated carbocycles. The summed E-state index contributed by atoms with van der Waals surface area (Å²) in [6.45, 7) is 7.12. The van der Waals surface area contributed by atoms with Crippen LogP contribution in [-0.2, 0) is 0 Å². The molecular formula is C11H17BrN6. The predicted molar refractivity (Wildman–Crippen MR) is 72.2 cm³/mol. The minimum atomic E-state index is -0.0203. The molecule has 7 heteroatoms. The molecule has 0 saturated heterocycles. The standard InChI is InChI=1S/C11H17BrN6/c1-4-13-10(9-6-14-17-16-9)11-8(12)5-15-18(11)7(2)3/h5-7,10,13H,4H2,1-3H3,(H,14,16,17). The molecule has 2 heterocycles. The third-order valence-corrected chi connectivity index (χ3v) is 3.30. The molecule has 0 aliphatic heterocycles. The minimum absolute atomic E-state index is 0.0203. The first-order valence-electron chi connectivity index (χ1n) is 5.97. The Hall–Kier alpha value is -1.21. The van der Waals surface area contributed by atoms with E-state index in [0.717, 1.165) is 22.4 Å². The highest BCUT2D eigenvalue weighted by Crippen LogP contribution is 2.29. The summed E-state index contributed by atoms with van der Waals surface area (Å²) in [6, 6.07) is 0.271. The number of nitrogens with zero attached hydrogens (tertiary/aromatic N) is 4. The summed E-state index contributed by atoms with van der Waals surface area (Å²) in [4.78, 5) is 0. The van der Waals surface area contributed by atoms with Gasteiger partial charge in [-0.15, -0.1) is 0 Å². The fraction of sp³-hybridized carbons (Fsp3) is 0.545. The van der Waals surface area contributed by atoms with Gasteiger partial charge < -0.3 is 5.32 Å². The van der Waals surface area contributed by atoms with E-state index >= 15 is 0 Å². The number of aromatic amines is 1.